The first kappa shape index (κ1) is 13.0. The summed E-state index contributed by atoms with van der Waals surface area (Å²) in [7, 11) is 1.59. The number of nitrogen functional groups attached to an aromatic ring is 1. The zero-order valence-electron chi connectivity index (χ0n) is 10.9. The summed E-state index contributed by atoms with van der Waals surface area (Å²) in [4.78, 5) is 12.1. The molecule has 2 aromatic carbocycles. The number of hydrogen-bond donors (Lipinski definition) is 2. The molecule has 0 saturated heterocycles. The number of aryl methyl sites for hydroxylation is 1. The number of nitrogens with one attached hydrogen (secondary N) is 1. The summed E-state index contributed by atoms with van der Waals surface area (Å²) < 4.78 is 5.11. The predicted octanol–water partition coefficient (Wildman–Crippen LogP) is 2.84. The van der Waals surface area contributed by atoms with Crippen molar-refractivity contribution in [2.75, 3.05) is 18.2 Å². The lowest BCUT2D eigenvalue weighted by molar-refractivity contribution is 0.102. The molecular weight excluding hydrogens is 240 g/mol. The highest BCUT2D eigenvalue weighted by Gasteiger charge is 2.07. The third-order valence-electron chi connectivity index (χ3n) is 2.86. The van der Waals surface area contributed by atoms with Crippen LogP contribution in [0.2, 0.25) is 0 Å². The summed E-state index contributed by atoms with van der Waals surface area (Å²) in [5, 5.41) is 2.82. The molecule has 0 aliphatic carbocycles. The number of benzene rings is 2. The number of amides is 1. The fraction of sp³-hybridized carbons (Fsp3) is 0.133. The number of nitrogens with two attached hydrogens (primary N) is 1. The van der Waals surface area contributed by atoms with E-state index >= 15 is 0 Å². The van der Waals surface area contributed by atoms with Gasteiger partial charge in [-0.05, 0) is 42.8 Å². The molecule has 98 valence electrons. The van der Waals surface area contributed by atoms with Gasteiger partial charge in [0.1, 0.15) is 5.75 Å². The number of carbonyl (C=O) groups excluding carboxylic acids is 1. The minimum Gasteiger partial charge on any atom is -0.497 e. The number of carbonyl (C=O) groups is 1. The van der Waals surface area contributed by atoms with Crippen LogP contribution in [0.5, 0.6) is 5.75 Å². The second-order valence-corrected chi connectivity index (χ2v) is 4.26. The van der Waals surface area contributed by atoms with Gasteiger partial charge in [0.15, 0.2) is 0 Å². The molecule has 3 N–H and O–H groups in total. The fourth-order valence-electron chi connectivity index (χ4n) is 1.72. The van der Waals surface area contributed by atoms with Crippen LogP contribution >= 0.6 is 0 Å². The molecule has 2 rings (SSSR count). The van der Waals surface area contributed by atoms with Gasteiger partial charge in [-0.15, -0.1) is 0 Å². The highest BCUT2D eigenvalue weighted by molar-refractivity contribution is 6.04. The molecule has 2 aromatic rings. The quantitative estimate of drug-likeness (QED) is 0.830. The van der Waals surface area contributed by atoms with Crippen LogP contribution in [0.4, 0.5) is 11.4 Å². The molecule has 0 fully saturated rings. The molecule has 0 aliphatic heterocycles. The van der Waals surface area contributed by atoms with E-state index in [4.69, 9.17) is 10.5 Å². The summed E-state index contributed by atoms with van der Waals surface area (Å²) in [5.41, 5.74) is 8.57. The van der Waals surface area contributed by atoms with Crippen LogP contribution < -0.4 is 15.8 Å². The second kappa shape index (κ2) is 5.44. The van der Waals surface area contributed by atoms with Gasteiger partial charge in [0.05, 0.1) is 7.11 Å². The summed E-state index contributed by atoms with van der Waals surface area (Å²) >= 11 is 0. The van der Waals surface area contributed by atoms with Crippen molar-refractivity contribution in [3.63, 3.8) is 0 Å². The minimum absolute atomic E-state index is 0.170. The summed E-state index contributed by atoms with van der Waals surface area (Å²) in [5.74, 6) is 0.530. The molecular formula is C15H16N2O2. The van der Waals surface area contributed by atoms with Gasteiger partial charge in [-0.25, -0.2) is 0 Å². The topological polar surface area (TPSA) is 64.3 Å². The Morgan fingerprint density at radius 1 is 1.21 bits per heavy atom. The van der Waals surface area contributed by atoms with Crippen LogP contribution in [0, 0.1) is 6.92 Å². The average Bonchev–Trinajstić information content (AvgIpc) is 2.42. The molecule has 0 radical (unpaired) electrons. The van der Waals surface area contributed by atoms with E-state index in [-0.39, 0.29) is 5.91 Å². The number of ether oxygens (including phenoxy) is 1. The first-order chi connectivity index (χ1) is 9.10. The number of anilines is 2. The average molecular weight is 256 g/mol. The first-order valence-corrected chi connectivity index (χ1v) is 5.91. The lowest BCUT2D eigenvalue weighted by Crippen LogP contribution is -2.12. The smallest absolute Gasteiger partial charge is 0.255 e. The Morgan fingerprint density at radius 3 is 2.68 bits per heavy atom. The maximum atomic E-state index is 12.1. The van der Waals surface area contributed by atoms with Gasteiger partial charge in [0, 0.05) is 23.0 Å². The van der Waals surface area contributed by atoms with E-state index in [1.807, 2.05) is 25.1 Å². The van der Waals surface area contributed by atoms with Crippen molar-refractivity contribution in [1.29, 1.82) is 0 Å². The van der Waals surface area contributed by atoms with Crippen LogP contribution in [0.15, 0.2) is 42.5 Å². The van der Waals surface area contributed by atoms with Crippen LogP contribution in [-0.2, 0) is 0 Å². The Morgan fingerprint density at radius 2 is 2.00 bits per heavy atom. The standard InChI is InChI=1S/C15H16N2O2/c1-10-8-11(6-7-14(10)16)15(18)17-12-4-3-5-13(9-12)19-2/h3-9H,16H2,1-2H3,(H,17,18). The first-order valence-electron chi connectivity index (χ1n) is 5.91. The molecule has 1 amide bonds. The number of methoxy groups -OCH3 is 1. The monoisotopic (exact) mass is 256 g/mol. The van der Waals surface area contributed by atoms with Gasteiger partial charge in [-0.1, -0.05) is 6.07 Å². The molecule has 0 spiro atoms. The fourth-order valence-corrected chi connectivity index (χ4v) is 1.72. The normalized spacial score (nSPS) is 10.0. The maximum absolute atomic E-state index is 12.1. The Bertz CT molecular complexity index is 609. The molecule has 0 heterocycles. The van der Waals surface area contributed by atoms with E-state index < -0.39 is 0 Å². The third kappa shape index (κ3) is 3.04. The minimum atomic E-state index is -0.170. The summed E-state index contributed by atoms with van der Waals surface area (Å²) in [6.45, 7) is 1.87. The van der Waals surface area contributed by atoms with Crippen molar-refractivity contribution in [2.45, 2.75) is 6.92 Å². The Balaban J connectivity index is 2.18. The van der Waals surface area contributed by atoms with Crippen molar-refractivity contribution in [3.8, 4) is 5.75 Å². The van der Waals surface area contributed by atoms with Gasteiger partial charge in [0.25, 0.3) is 5.91 Å². The summed E-state index contributed by atoms with van der Waals surface area (Å²) in [6.07, 6.45) is 0. The van der Waals surface area contributed by atoms with Gasteiger partial charge >= 0.3 is 0 Å². The molecule has 0 unspecified atom stereocenters. The zero-order chi connectivity index (χ0) is 13.8. The van der Waals surface area contributed by atoms with Gasteiger partial charge in [-0.2, -0.15) is 0 Å². The van der Waals surface area contributed by atoms with E-state index in [1.54, 1.807) is 31.4 Å². The van der Waals surface area contributed by atoms with E-state index in [0.717, 1.165) is 5.56 Å². The molecule has 19 heavy (non-hydrogen) atoms. The molecule has 0 atom stereocenters. The molecule has 4 heteroatoms. The third-order valence-corrected chi connectivity index (χ3v) is 2.86. The van der Waals surface area contributed by atoms with Crippen LogP contribution in [0.3, 0.4) is 0 Å². The molecule has 0 aliphatic rings. The largest absolute Gasteiger partial charge is 0.497 e. The predicted molar refractivity (Wildman–Crippen MR) is 76.5 cm³/mol. The number of hydrogen-bond acceptors (Lipinski definition) is 3. The lowest BCUT2D eigenvalue weighted by Gasteiger charge is -2.08. The van der Waals surface area contributed by atoms with E-state index in [0.29, 0.717) is 22.7 Å². The van der Waals surface area contributed by atoms with E-state index in [1.165, 1.54) is 0 Å². The van der Waals surface area contributed by atoms with Crippen molar-refractivity contribution in [1.82, 2.24) is 0 Å². The SMILES string of the molecule is COc1cccc(NC(=O)c2ccc(N)c(C)c2)c1. The Labute approximate surface area is 112 Å². The Hall–Kier alpha value is -2.49. The van der Waals surface area contributed by atoms with Crippen LogP contribution in [0.25, 0.3) is 0 Å². The van der Waals surface area contributed by atoms with Gasteiger partial charge in [0.2, 0.25) is 0 Å². The molecule has 0 aromatic heterocycles. The molecule has 4 nitrogen and oxygen atoms in total. The highest BCUT2D eigenvalue weighted by atomic mass is 16.5. The molecule has 0 bridgehead atoms. The Kier molecular flexibility index (Phi) is 3.71. The van der Waals surface area contributed by atoms with Crippen LogP contribution in [-0.4, -0.2) is 13.0 Å². The van der Waals surface area contributed by atoms with E-state index in [2.05, 4.69) is 5.32 Å². The van der Waals surface area contributed by atoms with E-state index in [9.17, 15) is 4.79 Å². The van der Waals surface area contributed by atoms with Gasteiger partial charge < -0.3 is 15.8 Å². The second-order valence-electron chi connectivity index (χ2n) is 4.26. The van der Waals surface area contributed by atoms with Gasteiger partial charge in [-0.3, -0.25) is 4.79 Å². The van der Waals surface area contributed by atoms with Crippen molar-refractivity contribution >= 4 is 17.3 Å². The maximum Gasteiger partial charge on any atom is 0.255 e. The highest BCUT2D eigenvalue weighted by Crippen LogP contribution is 2.18. The van der Waals surface area contributed by atoms with Crippen LogP contribution in [0.1, 0.15) is 15.9 Å². The summed E-state index contributed by atoms with van der Waals surface area (Å²) in [6, 6.07) is 12.4. The lowest BCUT2D eigenvalue weighted by atomic mass is 10.1. The zero-order valence-corrected chi connectivity index (χ0v) is 10.9. The molecule has 0 saturated carbocycles. The van der Waals surface area contributed by atoms with Crippen molar-refractivity contribution in [3.05, 3.63) is 53.6 Å². The van der Waals surface area contributed by atoms with Crippen molar-refractivity contribution < 1.29 is 9.53 Å². The number of rotatable bonds is 3. The van der Waals surface area contributed by atoms with Crippen molar-refractivity contribution in [2.24, 2.45) is 0 Å².